The number of halogens is 2. The van der Waals surface area contributed by atoms with Gasteiger partial charge in [-0.1, -0.05) is 23.7 Å². The Labute approximate surface area is 108 Å². The van der Waals surface area contributed by atoms with Crippen LogP contribution in [0.25, 0.3) is 16.6 Å². The zero-order chi connectivity index (χ0) is 12.7. The fourth-order valence-electron chi connectivity index (χ4n) is 1.95. The van der Waals surface area contributed by atoms with E-state index in [4.69, 9.17) is 17.3 Å². The number of nitrogen functional groups attached to an aromatic ring is 1. The first-order chi connectivity index (χ1) is 8.65. The molecular weight excluding hydrogens is 253 g/mol. The Balaban J connectivity index is 2.30. The van der Waals surface area contributed by atoms with Gasteiger partial charge in [0, 0.05) is 11.2 Å². The lowest BCUT2D eigenvalue weighted by molar-refractivity contribution is 0.628. The van der Waals surface area contributed by atoms with Crippen molar-refractivity contribution in [3.63, 3.8) is 0 Å². The highest BCUT2D eigenvalue weighted by molar-refractivity contribution is 6.31. The summed E-state index contributed by atoms with van der Waals surface area (Å²) in [7, 11) is 0. The molecule has 3 rings (SSSR count). The summed E-state index contributed by atoms with van der Waals surface area (Å²) in [6.45, 7) is 0. The quantitative estimate of drug-likeness (QED) is 0.730. The van der Waals surface area contributed by atoms with Crippen LogP contribution in [0.3, 0.4) is 0 Å². The predicted molar refractivity (Wildman–Crippen MR) is 70.0 cm³/mol. The minimum absolute atomic E-state index is 0.285. The van der Waals surface area contributed by atoms with Crippen LogP contribution in [0, 0.1) is 5.82 Å². The molecule has 0 saturated heterocycles. The third-order valence-corrected chi connectivity index (χ3v) is 2.99. The van der Waals surface area contributed by atoms with Crippen molar-refractivity contribution >= 4 is 22.9 Å². The molecule has 0 saturated carbocycles. The number of rotatable bonds is 1. The molecule has 0 fully saturated rings. The van der Waals surface area contributed by atoms with Crippen LogP contribution in [0.4, 0.5) is 10.2 Å². The number of fused-ring (bicyclic) bond motifs is 1. The molecule has 0 unspecified atom stereocenters. The van der Waals surface area contributed by atoms with Crippen molar-refractivity contribution in [2.75, 3.05) is 5.73 Å². The van der Waals surface area contributed by atoms with Gasteiger partial charge in [0.05, 0.1) is 11.1 Å². The second kappa shape index (κ2) is 3.99. The van der Waals surface area contributed by atoms with Gasteiger partial charge in [-0.15, -0.1) is 0 Å². The Morgan fingerprint density at radius 1 is 1.17 bits per heavy atom. The standard InChI is InChI=1S/C13H9ClFN3/c14-9-5-6-18-11(7-9)12(13(16)17-18)8-1-3-10(15)4-2-8/h1-7H,(H2,16,17). The normalized spacial score (nSPS) is 11.0. The van der Waals surface area contributed by atoms with Crippen molar-refractivity contribution in [3.05, 3.63) is 53.4 Å². The molecule has 5 heteroatoms. The van der Waals surface area contributed by atoms with Gasteiger partial charge in [-0.25, -0.2) is 8.91 Å². The second-order valence-corrected chi connectivity index (χ2v) is 4.38. The van der Waals surface area contributed by atoms with Crippen molar-refractivity contribution in [2.45, 2.75) is 0 Å². The van der Waals surface area contributed by atoms with Gasteiger partial charge in [0.15, 0.2) is 5.82 Å². The van der Waals surface area contributed by atoms with Gasteiger partial charge in [0.2, 0.25) is 0 Å². The van der Waals surface area contributed by atoms with Crippen LogP contribution in [0.15, 0.2) is 42.6 Å². The summed E-state index contributed by atoms with van der Waals surface area (Å²) in [4.78, 5) is 0. The molecule has 90 valence electrons. The summed E-state index contributed by atoms with van der Waals surface area (Å²) in [5.41, 5.74) is 8.28. The van der Waals surface area contributed by atoms with Gasteiger partial charge in [-0.05, 0) is 29.8 Å². The average molecular weight is 262 g/mol. The fraction of sp³-hybridized carbons (Fsp3) is 0. The molecule has 0 amide bonds. The molecule has 2 aromatic heterocycles. The van der Waals surface area contributed by atoms with E-state index in [1.54, 1.807) is 35.0 Å². The van der Waals surface area contributed by atoms with Crippen LogP contribution < -0.4 is 5.73 Å². The minimum Gasteiger partial charge on any atom is -0.382 e. The maximum atomic E-state index is 12.9. The van der Waals surface area contributed by atoms with Gasteiger partial charge in [-0.2, -0.15) is 5.10 Å². The third-order valence-electron chi connectivity index (χ3n) is 2.76. The number of benzene rings is 1. The number of aromatic nitrogens is 2. The monoisotopic (exact) mass is 261 g/mol. The highest BCUT2D eigenvalue weighted by Crippen LogP contribution is 2.31. The molecule has 18 heavy (non-hydrogen) atoms. The van der Waals surface area contributed by atoms with Crippen LogP contribution in [0.5, 0.6) is 0 Å². The van der Waals surface area contributed by atoms with Crippen LogP contribution in [0.1, 0.15) is 0 Å². The lowest BCUT2D eigenvalue weighted by Gasteiger charge is -2.01. The highest BCUT2D eigenvalue weighted by atomic mass is 35.5. The molecule has 0 atom stereocenters. The van der Waals surface area contributed by atoms with Crippen LogP contribution in [-0.4, -0.2) is 9.61 Å². The van der Waals surface area contributed by atoms with Crippen molar-refractivity contribution in [3.8, 4) is 11.1 Å². The summed E-state index contributed by atoms with van der Waals surface area (Å²) in [5.74, 6) is 0.107. The zero-order valence-corrected chi connectivity index (χ0v) is 10.0. The Morgan fingerprint density at radius 3 is 2.61 bits per heavy atom. The topological polar surface area (TPSA) is 43.3 Å². The molecule has 3 nitrogen and oxygen atoms in total. The Hall–Kier alpha value is -2.07. The molecule has 0 radical (unpaired) electrons. The van der Waals surface area contributed by atoms with E-state index in [1.807, 2.05) is 0 Å². The molecule has 0 aliphatic rings. The van der Waals surface area contributed by atoms with E-state index in [2.05, 4.69) is 5.10 Å². The van der Waals surface area contributed by atoms with E-state index < -0.39 is 0 Å². The first-order valence-electron chi connectivity index (χ1n) is 5.34. The number of pyridine rings is 1. The summed E-state index contributed by atoms with van der Waals surface area (Å²) in [6.07, 6.45) is 1.74. The molecular formula is C13H9ClFN3. The Kier molecular flexibility index (Phi) is 2.45. The van der Waals surface area contributed by atoms with Crippen molar-refractivity contribution in [2.24, 2.45) is 0 Å². The number of nitrogens with two attached hydrogens (primary N) is 1. The first-order valence-corrected chi connectivity index (χ1v) is 5.72. The zero-order valence-electron chi connectivity index (χ0n) is 9.27. The van der Waals surface area contributed by atoms with Gasteiger partial charge < -0.3 is 5.73 Å². The van der Waals surface area contributed by atoms with Crippen LogP contribution in [0.2, 0.25) is 5.02 Å². The summed E-state index contributed by atoms with van der Waals surface area (Å²) < 4.78 is 14.6. The number of hydrogen-bond donors (Lipinski definition) is 1. The average Bonchev–Trinajstić information content (AvgIpc) is 2.66. The smallest absolute Gasteiger partial charge is 0.154 e. The summed E-state index contributed by atoms with van der Waals surface area (Å²) in [6, 6.07) is 9.64. The fourth-order valence-corrected chi connectivity index (χ4v) is 2.11. The van der Waals surface area contributed by atoms with E-state index in [-0.39, 0.29) is 5.82 Å². The van der Waals surface area contributed by atoms with Gasteiger partial charge >= 0.3 is 0 Å². The predicted octanol–water partition coefficient (Wildman–Crippen LogP) is 3.38. The van der Waals surface area contributed by atoms with Crippen molar-refractivity contribution in [1.82, 2.24) is 9.61 Å². The Morgan fingerprint density at radius 2 is 1.89 bits per heavy atom. The molecule has 0 bridgehead atoms. The number of nitrogens with zero attached hydrogens (tertiary/aromatic N) is 2. The molecule has 0 aliphatic heterocycles. The second-order valence-electron chi connectivity index (χ2n) is 3.94. The largest absolute Gasteiger partial charge is 0.382 e. The van der Waals surface area contributed by atoms with E-state index in [1.165, 1.54) is 12.1 Å². The molecule has 3 aromatic rings. The maximum absolute atomic E-state index is 12.9. The lowest BCUT2D eigenvalue weighted by atomic mass is 10.1. The lowest BCUT2D eigenvalue weighted by Crippen LogP contribution is -1.88. The molecule has 2 heterocycles. The highest BCUT2D eigenvalue weighted by Gasteiger charge is 2.12. The van der Waals surface area contributed by atoms with Crippen LogP contribution >= 0.6 is 11.6 Å². The van der Waals surface area contributed by atoms with Crippen molar-refractivity contribution in [1.29, 1.82) is 0 Å². The third kappa shape index (κ3) is 1.71. The van der Waals surface area contributed by atoms with Gasteiger partial charge in [0.1, 0.15) is 5.82 Å². The maximum Gasteiger partial charge on any atom is 0.154 e. The SMILES string of the molecule is Nc1nn2ccc(Cl)cc2c1-c1ccc(F)cc1. The van der Waals surface area contributed by atoms with Gasteiger partial charge in [-0.3, -0.25) is 0 Å². The van der Waals surface area contributed by atoms with Gasteiger partial charge in [0.25, 0.3) is 0 Å². The summed E-state index contributed by atoms with van der Waals surface area (Å²) in [5, 5.41) is 4.80. The molecule has 0 aliphatic carbocycles. The van der Waals surface area contributed by atoms with E-state index in [9.17, 15) is 4.39 Å². The Bertz CT molecular complexity index is 719. The molecule has 0 spiro atoms. The molecule has 1 aromatic carbocycles. The van der Waals surface area contributed by atoms with E-state index in [0.29, 0.717) is 10.8 Å². The first kappa shape index (κ1) is 11.0. The minimum atomic E-state index is -0.285. The summed E-state index contributed by atoms with van der Waals surface area (Å²) >= 11 is 5.97. The van der Waals surface area contributed by atoms with E-state index in [0.717, 1.165) is 16.6 Å². The molecule has 2 N–H and O–H groups in total. The van der Waals surface area contributed by atoms with E-state index >= 15 is 0 Å². The van der Waals surface area contributed by atoms with Crippen molar-refractivity contribution < 1.29 is 4.39 Å². The van der Waals surface area contributed by atoms with Crippen LogP contribution in [-0.2, 0) is 0 Å². The number of anilines is 1. The number of hydrogen-bond acceptors (Lipinski definition) is 2.